The van der Waals surface area contributed by atoms with E-state index in [2.05, 4.69) is 9.97 Å². The molecule has 2 heterocycles. The van der Waals surface area contributed by atoms with Crippen LogP contribution in [0, 0.1) is 13.8 Å². The second-order valence-electron chi connectivity index (χ2n) is 6.53. The van der Waals surface area contributed by atoms with Gasteiger partial charge in [0.1, 0.15) is 17.1 Å². The number of fused-ring (bicyclic) bond motifs is 1. The molecular formula is C21H23N3O5S. The molecule has 0 unspecified atom stereocenters. The van der Waals surface area contributed by atoms with Crippen LogP contribution in [0.15, 0.2) is 33.6 Å². The standard InChI is InChI=1S/C21H23N3O5S/c1-4-27-21(26)17-13(3)29-20-18(17)19(22)23-15(24-20)11-28-16(25)9-10-30-14-7-5-12(2)6-8-14/h5-8H,4,9-11H2,1-3H3,(H2,22,23,24). The number of aromatic nitrogens is 2. The molecule has 9 heteroatoms. The lowest BCUT2D eigenvalue weighted by molar-refractivity contribution is -0.144. The maximum absolute atomic E-state index is 12.1. The molecule has 8 nitrogen and oxygen atoms in total. The van der Waals surface area contributed by atoms with E-state index in [-0.39, 0.29) is 48.5 Å². The average Bonchev–Trinajstić information content (AvgIpc) is 3.04. The molecule has 30 heavy (non-hydrogen) atoms. The van der Waals surface area contributed by atoms with Gasteiger partial charge in [-0.3, -0.25) is 4.79 Å². The summed E-state index contributed by atoms with van der Waals surface area (Å²) in [6.45, 7) is 5.45. The summed E-state index contributed by atoms with van der Waals surface area (Å²) in [6.07, 6.45) is 0.253. The van der Waals surface area contributed by atoms with E-state index >= 15 is 0 Å². The molecule has 0 saturated heterocycles. The van der Waals surface area contributed by atoms with Crippen LogP contribution in [0.5, 0.6) is 0 Å². The minimum absolute atomic E-state index is 0.0703. The number of rotatable bonds is 8. The van der Waals surface area contributed by atoms with Gasteiger partial charge in [-0.1, -0.05) is 17.7 Å². The highest BCUT2D eigenvalue weighted by atomic mass is 32.2. The Morgan fingerprint density at radius 1 is 1.13 bits per heavy atom. The van der Waals surface area contributed by atoms with E-state index in [1.807, 2.05) is 31.2 Å². The number of anilines is 1. The number of ether oxygens (including phenoxy) is 2. The third kappa shape index (κ3) is 5.10. The molecule has 0 fully saturated rings. The number of nitrogens with zero attached hydrogens (tertiary/aromatic N) is 2. The summed E-state index contributed by atoms with van der Waals surface area (Å²) in [5, 5.41) is 0.301. The molecule has 0 aliphatic carbocycles. The van der Waals surface area contributed by atoms with E-state index in [1.165, 1.54) is 5.56 Å². The number of hydrogen-bond donors (Lipinski definition) is 1. The Kier molecular flexibility index (Phi) is 6.94. The van der Waals surface area contributed by atoms with Crippen molar-refractivity contribution in [1.29, 1.82) is 0 Å². The quantitative estimate of drug-likeness (QED) is 0.421. The van der Waals surface area contributed by atoms with Crippen molar-refractivity contribution in [3.05, 3.63) is 47.0 Å². The summed E-state index contributed by atoms with van der Waals surface area (Å²) in [5.41, 5.74) is 7.56. The SMILES string of the molecule is CCOC(=O)c1c(C)oc2nc(COC(=O)CCSc3ccc(C)cc3)nc(N)c12. The highest BCUT2D eigenvalue weighted by Crippen LogP contribution is 2.29. The van der Waals surface area contributed by atoms with Gasteiger partial charge in [0.25, 0.3) is 0 Å². The van der Waals surface area contributed by atoms with E-state index in [4.69, 9.17) is 19.6 Å². The fourth-order valence-electron chi connectivity index (χ4n) is 2.80. The van der Waals surface area contributed by atoms with E-state index in [9.17, 15) is 9.59 Å². The molecule has 0 bridgehead atoms. The summed E-state index contributed by atoms with van der Waals surface area (Å²) in [7, 11) is 0. The summed E-state index contributed by atoms with van der Waals surface area (Å²) < 4.78 is 15.8. The number of aryl methyl sites for hydroxylation is 2. The van der Waals surface area contributed by atoms with Crippen LogP contribution < -0.4 is 5.73 Å². The molecule has 1 aromatic carbocycles. The first-order valence-electron chi connectivity index (χ1n) is 9.46. The predicted molar refractivity (Wildman–Crippen MR) is 113 cm³/mol. The number of carbonyl (C=O) groups excluding carboxylic acids is 2. The summed E-state index contributed by atoms with van der Waals surface area (Å²) in [6, 6.07) is 8.10. The van der Waals surface area contributed by atoms with Gasteiger partial charge in [0.2, 0.25) is 5.71 Å². The van der Waals surface area contributed by atoms with Crippen molar-refractivity contribution < 1.29 is 23.5 Å². The Bertz CT molecular complexity index is 1060. The number of esters is 2. The van der Waals surface area contributed by atoms with Crippen LogP contribution in [0.2, 0.25) is 0 Å². The number of furan rings is 1. The zero-order valence-corrected chi connectivity index (χ0v) is 17.9. The Morgan fingerprint density at radius 2 is 1.87 bits per heavy atom. The molecule has 0 radical (unpaired) electrons. The second kappa shape index (κ2) is 9.62. The number of thioether (sulfide) groups is 1. The Hall–Kier alpha value is -3.07. The van der Waals surface area contributed by atoms with Gasteiger partial charge in [0.15, 0.2) is 12.4 Å². The first-order valence-corrected chi connectivity index (χ1v) is 10.4. The van der Waals surface area contributed by atoms with Crippen molar-refractivity contribution in [1.82, 2.24) is 9.97 Å². The third-order valence-electron chi connectivity index (χ3n) is 4.24. The molecule has 0 aliphatic heterocycles. The summed E-state index contributed by atoms with van der Waals surface area (Å²) >= 11 is 1.58. The molecule has 0 amide bonds. The van der Waals surface area contributed by atoms with Gasteiger partial charge in [-0.25, -0.2) is 9.78 Å². The zero-order valence-electron chi connectivity index (χ0n) is 17.1. The molecule has 2 aromatic heterocycles. The van der Waals surface area contributed by atoms with Gasteiger partial charge in [0.05, 0.1) is 18.4 Å². The number of hydrogen-bond acceptors (Lipinski definition) is 9. The van der Waals surface area contributed by atoms with Crippen molar-refractivity contribution >= 4 is 40.6 Å². The summed E-state index contributed by atoms with van der Waals surface area (Å²) in [5.74, 6) is 0.301. The normalized spacial score (nSPS) is 10.9. The topological polar surface area (TPSA) is 118 Å². The monoisotopic (exact) mass is 429 g/mol. The van der Waals surface area contributed by atoms with Crippen molar-refractivity contribution in [2.45, 2.75) is 38.7 Å². The molecular weight excluding hydrogens is 406 g/mol. The highest BCUT2D eigenvalue weighted by Gasteiger charge is 2.24. The average molecular weight is 429 g/mol. The van der Waals surface area contributed by atoms with Gasteiger partial charge in [0, 0.05) is 10.6 Å². The van der Waals surface area contributed by atoms with Crippen LogP contribution >= 0.6 is 11.8 Å². The minimum Gasteiger partial charge on any atom is -0.462 e. The van der Waals surface area contributed by atoms with Crippen LogP contribution in [0.1, 0.15) is 40.9 Å². The lowest BCUT2D eigenvalue weighted by Gasteiger charge is -2.06. The fourth-order valence-corrected chi connectivity index (χ4v) is 3.63. The van der Waals surface area contributed by atoms with Crippen molar-refractivity contribution in [3.63, 3.8) is 0 Å². The number of nitrogen functional groups attached to an aromatic ring is 1. The van der Waals surface area contributed by atoms with Crippen LogP contribution in [0.4, 0.5) is 5.82 Å². The van der Waals surface area contributed by atoms with E-state index in [0.717, 1.165) is 4.90 Å². The number of benzene rings is 1. The molecule has 0 saturated carbocycles. The molecule has 158 valence electrons. The Labute approximate surface area is 178 Å². The van der Waals surface area contributed by atoms with E-state index in [1.54, 1.807) is 25.6 Å². The number of carbonyl (C=O) groups is 2. The van der Waals surface area contributed by atoms with Gasteiger partial charge < -0.3 is 19.6 Å². The van der Waals surface area contributed by atoms with Gasteiger partial charge in [-0.15, -0.1) is 11.8 Å². The maximum Gasteiger partial charge on any atom is 0.342 e. The lowest BCUT2D eigenvalue weighted by atomic mass is 10.2. The molecule has 0 aliphatic rings. The fraction of sp³-hybridized carbons (Fsp3) is 0.333. The van der Waals surface area contributed by atoms with Crippen molar-refractivity contribution in [2.24, 2.45) is 0 Å². The summed E-state index contributed by atoms with van der Waals surface area (Å²) in [4.78, 5) is 33.6. The van der Waals surface area contributed by atoms with E-state index in [0.29, 0.717) is 16.9 Å². The largest absolute Gasteiger partial charge is 0.462 e. The first kappa shape index (κ1) is 21.6. The Morgan fingerprint density at radius 3 is 2.57 bits per heavy atom. The van der Waals surface area contributed by atoms with Gasteiger partial charge in [-0.05, 0) is 32.9 Å². The van der Waals surface area contributed by atoms with Crippen molar-refractivity contribution in [3.8, 4) is 0 Å². The molecule has 2 N–H and O–H groups in total. The molecule has 0 atom stereocenters. The smallest absolute Gasteiger partial charge is 0.342 e. The predicted octanol–water partition coefficient (Wildman–Crippen LogP) is 3.82. The molecule has 0 spiro atoms. The second-order valence-corrected chi connectivity index (χ2v) is 7.70. The molecule has 3 rings (SSSR count). The van der Waals surface area contributed by atoms with Crippen LogP contribution in [-0.4, -0.2) is 34.3 Å². The maximum atomic E-state index is 12.1. The van der Waals surface area contributed by atoms with Crippen LogP contribution in [0.3, 0.4) is 0 Å². The first-order chi connectivity index (χ1) is 14.4. The molecule has 3 aromatic rings. The Balaban J connectivity index is 1.60. The lowest BCUT2D eigenvalue weighted by Crippen LogP contribution is -2.10. The van der Waals surface area contributed by atoms with Gasteiger partial charge >= 0.3 is 11.9 Å². The minimum atomic E-state index is -0.547. The van der Waals surface area contributed by atoms with Gasteiger partial charge in [-0.2, -0.15) is 4.98 Å². The van der Waals surface area contributed by atoms with Crippen LogP contribution in [-0.2, 0) is 20.9 Å². The highest BCUT2D eigenvalue weighted by molar-refractivity contribution is 7.99. The van der Waals surface area contributed by atoms with Crippen molar-refractivity contribution in [2.75, 3.05) is 18.1 Å². The zero-order chi connectivity index (χ0) is 21.7. The van der Waals surface area contributed by atoms with Crippen LogP contribution in [0.25, 0.3) is 11.1 Å². The third-order valence-corrected chi connectivity index (χ3v) is 5.25. The number of nitrogens with two attached hydrogens (primary N) is 1. The van der Waals surface area contributed by atoms with E-state index < -0.39 is 5.97 Å².